The molecule has 0 bridgehead atoms. The number of aromatic nitrogens is 1. The van der Waals surface area contributed by atoms with Gasteiger partial charge in [0, 0.05) is 25.2 Å². The lowest BCUT2D eigenvalue weighted by molar-refractivity contribution is 0.0867. The van der Waals surface area contributed by atoms with Crippen molar-refractivity contribution >= 4 is 58.0 Å². The summed E-state index contributed by atoms with van der Waals surface area (Å²) in [7, 11) is 1.84. The summed E-state index contributed by atoms with van der Waals surface area (Å²) in [5, 5.41) is 11.2. The zero-order valence-electron chi connectivity index (χ0n) is 17.2. The third kappa shape index (κ3) is 6.21. The van der Waals surface area contributed by atoms with Crippen molar-refractivity contribution in [1.29, 1.82) is 0 Å². The number of aliphatic hydroxyl groups excluding tert-OH is 1. The van der Waals surface area contributed by atoms with E-state index in [4.69, 9.17) is 11.6 Å². The van der Waals surface area contributed by atoms with Crippen molar-refractivity contribution < 1.29 is 9.50 Å². The maximum Gasteiger partial charge on any atom is 0.185 e. The molecule has 1 aromatic heterocycles. The fraction of sp³-hybridized carbons (Fsp3) is 0.409. The van der Waals surface area contributed by atoms with Crippen LogP contribution in [-0.2, 0) is 6.54 Å². The molecule has 0 aliphatic carbocycles. The van der Waals surface area contributed by atoms with Crippen LogP contribution in [0.3, 0.4) is 0 Å². The van der Waals surface area contributed by atoms with E-state index in [1.807, 2.05) is 19.2 Å². The molecule has 3 aromatic rings. The molecular formula is C22H27Cl3FN3OS. The summed E-state index contributed by atoms with van der Waals surface area (Å²) in [6, 6.07) is 12.1. The van der Waals surface area contributed by atoms with Crippen molar-refractivity contribution in [3.8, 4) is 0 Å². The second-order valence-electron chi connectivity index (χ2n) is 7.64. The average molecular weight is 507 g/mol. The number of hydrogen-bond acceptors (Lipinski definition) is 4. The summed E-state index contributed by atoms with van der Waals surface area (Å²) >= 11 is 7.82. The molecule has 0 radical (unpaired) electrons. The van der Waals surface area contributed by atoms with Gasteiger partial charge in [-0.05, 0) is 67.7 Å². The molecule has 170 valence electrons. The Kier molecular flexibility index (Phi) is 9.80. The number of thiazole rings is 1. The predicted molar refractivity (Wildman–Crippen MR) is 131 cm³/mol. The Hall–Kier alpha value is -1.15. The van der Waals surface area contributed by atoms with Crippen LogP contribution in [-0.4, -0.2) is 41.3 Å². The van der Waals surface area contributed by atoms with Gasteiger partial charge in [0.1, 0.15) is 5.82 Å². The lowest BCUT2D eigenvalue weighted by Gasteiger charge is -2.33. The number of benzene rings is 2. The first-order valence-electron chi connectivity index (χ1n) is 9.91. The van der Waals surface area contributed by atoms with E-state index >= 15 is 0 Å². The minimum atomic E-state index is -0.586. The Balaban J connectivity index is 0.00000171. The molecule has 0 spiro atoms. The molecule has 1 saturated heterocycles. The van der Waals surface area contributed by atoms with Gasteiger partial charge in [-0.2, -0.15) is 0 Å². The standard InChI is InChI=1S/C22H25ClFN3OS.2ClH/c1-25-22-27(19-7-4-17(23)12-21(19)29-22)13-15-8-10-26(11-9-15)14-20(28)16-2-5-18(24)6-3-16;;/h2-7,12,15,20,28H,8-11,13-14H2,1H3;2*1H/t20-;;/m0../s1. The Morgan fingerprint density at radius 1 is 1.16 bits per heavy atom. The highest BCUT2D eigenvalue weighted by molar-refractivity contribution is 7.16. The number of likely N-dealkylation sites (tertiary alicyclic amines) is 1. The second kappa shape index (κ2) is 11.6. The molecule has 0 unspecified atom stereocenters. The zero-order valence-corrected chi connectivity index (χ0v) is 20.4. The van der Waals surface area contributed by atoms with E-state index < -0.39 is 6.10 Å². The first-order chi connectivity index (χ1) is 14.0. The molecule has 1 aliphatic rings. The van der Waals surface area contributed by atoms with Gasteiger partial charge in [-0.25, -0.2) is 4.39 Å². The number of rotatable bonds is 5. The van der Waals surface area contributed by atoms with Crippen molar-refractivity contribution in [1.82, 2.24) is 9.47 Å². The van der Waals surface area contributed by atoms with E-state index in [2.05, 4.69) is 20.5 Å². The molecule has 1 N–H and O–H groups in total. The fourth-order valence-electron chi connectivity index (χ4n) is 4.04. The van der Waals surface area contributed by atoms with Crippen LogP contribution in [0.25, 0.3) is 10.2 Å². The molecule has 2 aromatic carbocycles. The van der Waals surface area contributed by atoms with E-state index in [9.17, 15) is 9.50 Å². The van der Waals surface area contributed by atoms with Gasteiger partial charge in [0.05, 0.1) is 16.3 Å². The van der Waals surface area contributed by atoms with Crippen LogP contribution >= 0.6 is 47.8 Å². The lowest BCUT2D eigenvalue weighted by atomic mass is 9.96. The van der Waals surface area contributed by atoms with Crippen LogP contribution in [0.2, 0.25) is 5.02 Å². The molecule has 0 saturated carbocycles. The van der Waals surface area contributed by atoms with Gasteiger partial charge in [-0.3, -0.25) is 4.99 Å². The van der Waals surface area contributed by atoms with E-state index in [-0.39, 0.29) is 30.6 Å². The molecule has 2 heterocycles. The maximum atomic E-state index is 13.1. The minimum Gasteiger partial charge on any atom is -0.387 e. The summed E-state index contributed by atoms with van der Waals surface area (Å²) < 4.78 is 16.5. The Bertz CT molecular complexity index is 1050. The van der Waals surface area contributed by atoms with Gasteiger partial charge in [-0.15, -0.1) is 24.8 Å². The molecule has 1 aliphatic heterocycles. The number of piperidine rings is 1. The van der Waals surface area contributed by atoms with Crippen molar-refractivity contribution in [2.45, 2.75) is 25.5 Å². The largest absolute Gasteiger partial charge is 0.387 e. The highest BCUT2D eigenvalue weighted by Gasteiger charge is 2.23. The molecule has 31 heavy (non-hydrogen) atoms. The predicted octanol–water partition coefficient (Wildman–Crippen LogP) is 5.32. The molecule has 1 atom stereocenters. The maximum absolute atomic E-state index is 13.1. The van der Waals surface area contributed by atoms with Gasteiger partial charge >= 0.3 is 0 Å². The summed E-state index contributed by atoms with van der Waals surface area (Å²) in [5.74, 6) is 0.300. The minimum absolute atomic E-state index is 0. The second-order valence-corrected chi connectivity index (χ2v) is 9.09. The van der Waals surface area contributed by atoms with Gasteiger partial charge in [-0.1, -0.05) is 35.1 Å². The monoisotopic (exact) mass is 505 g/mol. The van der Waals surface area contributed by atoms with Crippen LogP contribution in [0.4, 0.5) is 4.39 Å². The zero-order chi connectivity index (χ0) is 20.4. The van der Waals surface area contributed by atoms with Crippen LogP contribution in [0.1, 0.15) is 24.5 Å². The van der Waals surface area contributed by atoms with Gasteiger partial charge in [0.2, 0.25) is 0 Å². The number of nitrogens with zero attached hydrogens (tertiary/aromatic N) is 3. The Labute approximate surface area is 203 Å². The van der Waals surface area contributed by atoms with E-state index in [0.717, 1.165) is 52.6 Å². The van der Waals surface area contributed by atoms with Crippen molar-refractivity contribution in [3.63, 3.8) is 0 Å². The quantitative estimate of drug-likeness (QED) is 0.509. The fourth-order valence-corrected chi connectivity index (χ4v) is 5.31. The first kappa shape index (κ1) is 26.1. The van der Waals surface area contributed by atoms with Crippen molar-refractivity contribution in [2.75, 3.05) is 26.7 Å². The van der Waals surface area contributed by atoms with Crippen LogP contribution in [0.5, 0.6) is 0 Å². The number of halogens is 4. The van der Waals surface area contributed by atoms with E-state index in [1.165, 1.54) is 17.6 Å². The Morgan fingerprint density at radius 2 is 1.84 bits per heavy atom. The van der Waals surface area contributed by atoms with Crippen molar-refractivity contribution in [2.24, 2.45) is 10.9 Å². The number of fused-ring (bicyclic) bond motifs is 1. The summed E-state index contributed by atoms with van der Waals surface area (Å²) in [5.41, 5.74) is 1.95. The molecule has 0 amide bonds. The number of β-amino-alcohol motifs (C(OH)–C–C–N with tert-alkyl or cyclic N) is 1. The average Bonchev–Trinajstić information content (AvgIpc) is 3.06. The normalized spacial score (nSPS) is 16.7. The summed E-state index contributed by atoms with van der Waals surface area (Å²) in [4.78, 5) is 7.79. The molecule has 4 nitrogen and oxygen atoms in total. The van der Waals surface area contributed by atoms with Crippen LogP contribution in [0, 0.1) is 11.7 Å². The highest BCUT2D eigenvalue weighted by Crippen LogP contribution is 2.26. The summed E-state index contributed by atoms with van der Waals surface area (Å²) in [6.07, 6.45) is 1.58. The lowest BCUT2D eigenvalue weighted by Crippen LogP contribution is -2.38. The molecule has 1 fully saturated rings. The third-order valence-electron chi connectivity index (χ3n) is 5.67. The smallest absolute Gasteiger partial charge is 0.185 e. The number of aliphatic hydroxyl groups is 1. The molecule has 9 heteroatoms. The highest BCUT2D eigenvalue weighted by atomic mass is 35.5. The van der Waals surface area contributed by atoms with Crippen molar-refractivity contribution in [3.05, 3.63) is 63.7 Å². The number of hydrogen-bond donors (Lipinski definition) is 1. The Morgan fingerprint density at radius 3 is 2.48 bits per heavy atom. The SMILES string of the molecule is CN=c1sc2cc(Cl)ccc2n1CC1CCN(C[C@H](O)c2ccc(F)cc2)CC1.Cl.Cl. The van der Waals surface area contributed by atoms with E-state index in [1.54, 1.807) is 23.5 Å². The topological polar surface area (TPSA) is 40.8 Å². The van der Waals surface area contributed by atoms with Crippen LogP contribution in [0.15, 0.2) is 47.5 Å². The molecule has 4 rings (SSSR count). The molecular weight excluding hydrogens is 480 g/mol. The first-order valence-corrected chi connectivity index (χ1v) is 11.1. The summed E-state index contributed by atoms with van der Waals surface area (Å²) in [6.45, 7) is 3.44. The van der Waals surface area contributed by atoms with Gasteiger partial charge in [0.15, 0.2) is 4.80 Å². The van der Waals surface area contributed by atoms with Gasteiger partial charge in [0.25, 0.3) is 0 Å². The van der Waals surface area contributed by atoms with Crippen LogP contribution < -0.4 is 4.80 Å². The van der Waals surface area contributed by atoms with Gasteiger partial charge < -0.3 is 14.6 Å². The third-order valence-corrected chi connectivity index (χ3v) is 7.04. The van der Waals surface area contributed by atoms with E-state index in [0.29, 0.717) is 12.5 Å².